The van der Waals surface area contributed by atoms with E-state index in [0.717, 1.165) is 11.8 Å². The van der Waals surface area contributed by atoms with Gasteiger partial charge in [-0.25, -0.2) is 4.39 Å². The first-order valence-corrected chi connectivity index (χ1v) is 6.98. The molecular formula is C16H15ClFNO3. The average Bonchev–Trinajstić information content (AvgIpc) is 2.52. The highest BCUT2D eigenvalue weighted by molar-refractivity contribution is 6.33. The van der Waals surface area contributed by atoms with Crippen molar-refractivity contribution in [3.63, 3.8) is 0 Å². The zero-order chi connectivity index (χ0) is 15.9. The Balaban J connectivity index is 1.79. The Hall–Kier alpha value is -2.27. The Labute approximate surface area is 132 Å². The van der Waals surface area contributed by atoms with E-state index < -0.39 is 5.82 Å². The first-order valence-electron chi connectivity index (χ1n) is 6.60. The van der Waals surface area contributed by atoms with Crippen molar-refractivity contribution < 1.29 is 18.7 Å². The molecule has 0 aliphatic rings. The molecule has 116 valence electrons. The van der Waals surface area contributed by atoms with Gasteiger partial charge in [0.05, 0.1) is 24.2 Å². The normalized spacial score (nSPS) is 10.1. The first kappa shape index (κ1) is 16.1. The van der Waals surface area contributed by atoms with Crippen molar-refractivity contribution in [2.45, 2.75) is 0 Å². The summed E-state index contributed by atoms with van der Waals surface area (Å²) in [4.78, 5) is 11.9. The van der Waals surface area contributed by atoms with Gasteiger partial charge in [-0.05, 0) is 42.5 Å². The van der Waals surface area contributed by atoms with Gasteiger partial charge in [0, 0.05) is 0 Å². The van der Waals surface area contributed by atoms with Crippen LogP contribution in [0, 0.1) is 5.82 Å². The molecule has 1 N–H and O–H groups in total. The summed E-state index contributed by atoms with van der Waals surface area (Å²) in [6.07, 6.45) is 0. The maximum Gasteiger partial charge on any atom is 0.252 e. The lowest BCUT2D eigenvalue weighted by Crippen LogP contribution is -2.28. The van der Waals surface area contributed by atoms with Crippen molar-refractivity contribution in [1.29, 1.82) is 0 Å². The van der Waals surface area contributed by atoms with Gasteiger partial charge in [0.2, 0.25) is 0 Å². The van der Waals surface area contributed by atoms with Crippen molar-refractivity contribution in [1.82, 2.24) is 5.32 Å². The molecule has 4 nitrogen and oxygen atoms in total. The van der Waals surface area contributed by atoms with Crippen LogP contribution in [0.2, 0.25) is 5.02 Å². The summed E-state index contributed by atoms with van der Waals surface area (Å²) in [5.74, 6) is 0.564. The summed E-state index contributed by atoms with van der Waals surface area (Å²) >= 11 is 5.82. The van der Waals surface area contributed by atoms with Gasteiger partial charge in [0.1, 0.15) is 23.9 Å². The van der Waals surface area contributed by atoms with Gasteiger partial charge in [0.15, 0.2) is 0 Å². The van der Waals surface area contributed by atoms with E-state index in [4.69, 9.17) is 21.1 Å². The minimum atomic E-state index is -0.482. The van der Waals surface area contributed by atoms with Gasteiger partial charge in [-0.3, -0.25) is 4.79 Å². The molecule has 0 aliphatic carbocycles. The molecule has 2 rings (SSSR count). The van der Waals surface area contributed by atoms with Gasteiger partial charge < -0.3 is 14.8 Å². The molecule has 22 heavy (non-hydrogen) atoms. The molecule has 0 aliphatic heterocycles. The van der Waals surface area contributed by atoms with Gasteiger partial charge in [-0.15, -0.1) is 0 Å². The van der Waals surface area contributed by atoms with Crippen molar-refractivity contribution in [2.75, 3.05) is 20.3 Å². The lowest BCUT2D eigenvalue weighted by Gasteiger charge is -2.09. The number of ether oxygens (including phenoxy) is 2. The fourth-order valence-electron chi connectivity index (χ4n) is 1.77. The number of halogens is 2. The molecule has 0 saturated carbocycles. The van der Waals surface area contributed by atoms with Gasteiger partial charge in [-0.1, -0.05) is 11.6 Å². The molecule has 0 unspecified atom stereocenters. The molecule has 0 aromatic heterocycles. The van der Waals surface area contributed by atoms with Crippen LogP contribution in [0.15, 0.2) is 42.5 Å². The molecule has 0 radical (unpaired) electrons. The maximum absolute atomic E-state index is 12.9. The zero-order valence-electron chi connectivity index (χ0n) is 11.9. The fraction of sp³-hybridized carbons (Fsp3) is 0.188. The molecule has 0 heterocycles. The van der Waals surface area contributed by atoms with Crippen LogP contribution in [-0.2, 0) is 0 Å². The van der Waals surface area contributed by atoms with E-state index in [1.54, 1.807) is 31.4 Å². The SMILES string of the molecule is COc1ccc(OCCNC(=O)c2ccc(F)cc2Cl)cc1. The Morgan fingerprint density at radius 1 is 1.18 bits per heavy atom. The van der Waals surface area contributed by atoms with Crippen LogP contribution in [0.4, 0.5) is 4.39 Å². The van der Waals surface area contributed by atoms with Gasteiger partial charge in [-0.2, -0.15) is 0 Å². The number of benzene rings is 2. The van der Waals surface area contributed by atoms with E-state index >= 15 is 0 Å². The molecule has 0 bridgehead atoms. The Morgan fingerprint density at radius 3 is 2.50 bits per heavy atom. The van der Waals surface area contributed by atoms with E-state index in [1.807, 2.05) is 0 Å². The number of carbonyl (C=O) groups excluding carboxylic acids is 1. The van der Waals surface area contributed by atoms with Crippen LogP contribution in [0.25, 0.3) is 0 Å². The molecule has 0 spiro atoms. The van der Waals surface area contributed by atoms with Crippen LogP contribution in [0.1, 0.15) is 10.4 Å². The topological polar surface area (TPSA) is 47.6 Å². The molecule has 0 atom stereocenters. The summed E-state index contributed by atoms with van der Waals surface area (Å²) in [6, 6.07) is 10.8. The number of amides is 1. The maximum atomic E-state index is 12.9. The van der Waals surface area contributed by atoms with E-state index in [2.05, 4.69) is 5.32 Å². The van der Waals surface area contributed by atoms with Crippen molar-refractivity contribution in [3.05, 3.63) is 58.9 Å². The second kappa shape index (κ2) is 7.66. The lowest BCUT2D eigenvalue weighted by atomic mass is 10.2. The van der Waals surface area contributed by atoms with Crippen LogP contribution in [0.3, 0.4) is 0 Å². The zero-order valence-corrected chi connectivity index (χ0v) is 12.7. The first-order chi connectivity index (χ1) is 10.6. The van der Waals surface area contributed by atoms with E-state index in [1.165, 1.54) is 12.1 Å². The third-order valence-electron chi connectivity index (χ3n) is 2.89. The number of rotatable bonds is 6. The van der Waals surface area contributed by atoms with Crippen molar-refractivity contribution in [2.24, 2.45) is 0 Å². The lowest BCUT2D eigenvalue weighted by molar-refractivity contribution is 0.0947. The number of carbonyl (C=O) groups is 1. The molecule has 2 aromatic rings. The minimum absolute atomic E-state index is 0.0774. The van der Waals surface area contributed by atoms with Crippen LogP contribution >= 0.6 is 11.6 Å². The number of methoxy groups -OCH3 is 1. The summed E-state index contributed by atoms with van der Waals surface area (Å²) in [7, 11) is 1.59. The second-order valence-corrected chi connectivity index (χ2v) is 4.81. The number of hydrogen-bond donors (Lipinski definition) is 1. The second-order valence-electron chi connectivity index (χ2n) is 4.40. The third-order valence-corrected chi connectivity index (χ3v) is 3.20. The number of hydrogen-bond acceptors (Lipinski definition) is 3. The van der Waals surface area contributed by atoms with E-state index in [0.29, 0.717) is 18.9 Å². The van der Waals surface area contributed by atoms with Crippen LogP contribution in [-0.4, -0.2) is 26.2 Å². The van der Waals surface area contributed by atoms with Crippen LogP contribution in [0.5, 0.6) is 11.5 Å². The highest BCUT2D eigenvalue weighted by atomic mass is 35.5. The standard InChI is InChI=1S/C16H15ClFNO3/c1-21-12-3-5-13(6-4-12)22-9-8-19-16(20)14-7-2-11(18)10-15(14)17/h2-7,10H,8-9H2,1H3,(H,19,20). The molecule has 0 saturated heterocycles. The average molecular weight is 324 g/mol. The number of nitrogens with one attached hydrogen (secondary N) is 1. The molecule has 2 aromatic carbocycles. The monoisotopic (exact) mass is 323 g/mol. The largest absolute Gasteiger partial charge is 0.497 e. The summed E-state index contributed by atoms with van der Waals surface area (Å²) in [5.41, 5.74) is 0.229. The van der Waals surface area contributed by atoms with E-state index in [9.17, 15) is 9.18 Å². The Bertz CT molecular complexity index is 646. The molecule has 1 amide bonds. The highest BCUT2D eigenvalue weighted by Gasteiger charge is 2.10. The Kier molecular flexibility index (Phi) is 5.61. The summed E-state index contributed by atoms with van der Waals surface area (Å²) in [5, 5.41) is 2.73. The third kappa shape index (κ3) is 4.36. The predicted octanol–water partition coefficient (Wildman–Crippen LogP) is 3.30. The van der Waals surface area contributed by atoms with Gasteiger partial charge in [0.25, 0.3) is 5.91 Å². The smallest absolute Gasteiger partial charge is 0.252 e. The van der Waals surface area contributed by atoms with E-state index in [-0.39, 0.29) is 16.5 Å². The Morgan fingerprint density at radius 2 is 1.86 bits per heavy atom. The summed E-state index contributed by atoms with van der Waals surface area (Å²) < 4.78 is 23.4. The molecule has 6 heteroatoms. The van der Waals surface area contributed by atoms with Crippen LogP contribution < -0.4 is 14.8 Å². The predicted molar refractivity (Wildman–Crippen MR) is 82.2 cm³/mol. The van der Waals surface area contributed by atoms with Gasteiger partial charge >= 0.3 is 0 Å². The minimum Gasteiger partial charge on any atom is -0.497 e. The fourth-order valence-corrected chi connectivity index (χ4v) is 2.03. The van der Waals surface area contributed by atoms with Crippen molar-refractivity contribution in [3.8, 4) is 11.5 Å². The quantitative estimate of drug-likeness (QED) is 0.830. The van der Waals surface area contributed by atoms with Crippen molar-refractivity contribution >= 4 is 17.5 Å². The highest BCUT2D eigenvalue weighted by Crippen LogP contribution is 2.18. The summed E-state index contributed by atoms with van der Waals surface area (Å²) in [6.45, 7) is 0.607. The molecule has 0 fully saturated rings. The molecular weight excluding hydrogens is 309 g/mol.